The molecule has 0 unspecified atom stereocenters. The van der Waals surface area contributed by atoms with Crippen LogP contribution < -0.4 is 13.8 Å². The Morgan fingerprint density at radius 2 is 1.11 bits per heavy atom. The van der Waals surface area contributed by atoms with E-state index in [0.717, 1.165) is 15.4 Å². The highest BCUT2D eigenvalue weighted by Gasteiger charge is 2.22. The highest BCUT2D eigenvalue weighted by molar-refractivity contribution is 7.92. The standard InChI is InChI=1S/C25H30N2O6S2/c1-19-6-13-25(18-20(19)2)35(30,31)27(5)21-7-9-22(10-8-21)32-16-17-33-23-11-14-24(15-12-23)34(28,29)26(3)4/h6-15,18H,16-17H2,1-5H3. The molecular weight excluding hydrogens is 488 g/mol. The molecule has 0 atom stereocenters. The Hall–Kier alpha value is -3.08. The number of hydrogen-bond acceptors (Lipinski definition) is 6. The highest BCUT2D eigenvalue weighted by Crippen LogP contribution is 2.25. The van der Waals surface area contributed by atoms with E-state index in [9.17, 15) is 16.8 Å². The van der Waals surface area contributed by atoms with Crippen molar-refractivity contribution in [1.29, 1.82) is 0 Å². The molecule has 35 heavy (non-hydrogen) atoms. The maximum atomic E-state index is 13.0. The van der Waals surface area contributed by atoms with E-state index in [-0.39, 0.29) is 23.0 Å². The van der Waals surface area contributed by atoms with Gasteiger partial charge in [-0.05, 0) is 85.6 Å². The Balaban J connectivity index is 1.55. The molecule has 188 valence electrons. The molecule has 0 aliphatic rings. The first-order valence-corrected chi connectivity index (χ1v) is 13.8. The number of hydrogen-bond donors (Lipinski definition) is 0. The van der Waals surface area contributed by atoms with Gasteiger partial charge in [0.1, 0.15) is 24.7 Å². The average molecular weight is 519 g/mol. The second kappa shape index (κ2) is 10.7. The Morgan fingerprint density at radius 1 is 0.629 bits per heavy atom. The molecule has 0 heterocycles. The lowest BCUT2D eigenvalue weighted by molar-refractivity contribution is 0.217. The summed E-state index contributed by atoms with van der Waals surface area (Å²) in [6.45, 7) is 4.33. The summed E-state index contributed by atoms with van der Waals surface area (Å²) in [6.07, 6.45) is 0. The van der Waals surface area contributed by atoms with Crippen molar-refractivity contribution in [3.63, 3.8) is 0 Å². The van der Waals surface area contributed by atoms with Gasteiger partial charge in [0.15, 0.2) is 0 Å². The largest absolute Gasteiger partial charge is 0.490 e. The van der Waals surface area contributed by atoms with Crippen LogP contribution in [0, 0.1) is 13.8 Å². The summed E-state index contributed by atoms with van der Waals surface area (Å²) in [4.78, 5) is 0.434. The van der Waals surface area contributed by atoms with Crippen molar-refractivity contribution in [2.24, 2.45) is 0 Å². The molecular formula is C25H30N2O6S2. The third-order valence-electron chi connectivity index (χ3n) is 5.56. The predicted molar refractivity (Wildman–Crippen MR) is 136 cm³/mol. The molecule has 0 saturated carbocycles. The van der Waals surface area contributed by atoms with Crippen LogP contribution in [-0.2, 0) is 20.0 Å². The molecule has 0 amide bonds. The first-order valence-electron chi connectivity index (χ1n) is 10.9. The fraction of sp³-hybridized carbons (Fsp3) is 0.280. The maximum Gasteiger partial charge on any atom is 0.264 e. The van der Waals surface area contributed by atoms with Crippen LogP contribution in [-0.4, -0.2) is 55.5 Å². The van der Waals surface area contributed by atoms with Crippen molar-refractivity contribution < 1.29 is 26.3 Å². The van der Waals surface area contributed by atoms with E-state index in [1.54, 1.807) is 54.6 Å². The van der Waals surface area contributed by atoms with Gasteiger partial charge in [0.25, 0.3) is 10.0 Å². The van der Waals surface area contributed by atoms with Crippen LogP contribution in [0.1, 0.15) is 11.1 Å². The number of sulfonamides is 2. The van der Waals surface area contributed by atoms with Crippen LogP contribution in [0.2, 0.25) is 0 Å². The zero-order valence-electron chi connectivity index (χ0n) is 20.4. The van der Waals surface area contributed by atoms with Crippen molar-refractivity contribution >= 4 is 25.7 Å². The summed E-state index contributed by atoms with van der Waals surface area (Å²) < 4.78 is 63.8. The molecule has 10 heteroatoms. The second-order valence-electron chi connectivity index (χ2n) is 8.17. The topological polar surface area (TPSA) is 93.2 Å². The van der Waals surface area contributed by atoms with E-state index in [2.05, 4.69) is 0 Å². The quantitative estimate of drug-likeness (QED) is 0.379. The van der Waals surface area contributed by atoms with Crippen LogP contribution in [0.3, 0.4) is 0 Å². The third kappa shape index (κ3) is 6.14. The first-order chi connectivity index (χ1) is 16.4. The number of aryl methyl sites for hydroxylation is 2. The Bertz CT molecular complexity index is 1370. The van der Waals surface area contributed by atoms with E-state index in [4.69, 9.17) is 9.47 Å². The van der Waals surface area contributed by atoms with Crippen molar-refractivity contribution in [2.75, 3.05) is 38.7 Å². The Kier molecular flexibility index (Phi) is 8.09. The van der Waals surface area contributed by atoms with E-state index in [1.165, 1.54) is 37.6 Å². The van der Waals surface area contributed by atoms with E-state index >= 15 is 0 Å². The lowest BCUT2D eigenvalue weighted by Gasteiger charge is -2.20. The summed E-state index contributed by atoms with van der Waals surface area (Å²) in [6, 6.07) is 18.0. The van der Waals surface area contributed by atoms with E-state index in [1.807, 2.05) is 13.8 Å². The van der Waals surface area contributed by atoms with Gasteiger partial charge in [-0.25, -0.2) is 21.1 Å². The van der Waals surface area contributed by atoms with Crippen LogP contribution in [0.4, 0.5) is 5.69 Å². The summed E-state index contributed by atoms with van der Waals surface area (Å²) >= 11 is 0. The van der Waals surface area contributed by atoms with Gasteiger partial charge in [0, 0.05) is 21.1 Å². The van der Waals surface area contributed by atoms with Gasteiger partial charge in [-0.3, -0.25) is 4.31 Å². The molecule has 0 aromatic heterocycles. The van der Waals surface area contributed by atoms with Crippen LogP contribution in [0.5, 0.6) is 11.5 Å². The summed E-state index contributed by atoms with van der Waals surface area (Å²) in [5.41, 5.74) is 2.46. The third-order valence-corrected chi connectivity index (χ3v) is 9.17. The van der Waals surface area contributed by atoms with Crippen molar-refractivity contribution in [1.82, 2.24) is 4.31 Å². The van der Waals surface area contributed by atoms with Crippen LogP contribution in [0.25, 0.3) is 0 Å². The van der Waals surface area contributed by atoms with Crippen LogP contribution in [0.15, 0.2) is 76.5 Å². The molecule has 0 bridgehead atoms. The highest BCUT2D eigenvalue weighted by atomic mass is 32.2. The average Bonchev–Trinajstić information content (AvgIpc) is 2.83. The van der Waals surface area contributed by atoms with Gasteiger partial charge in [-0.2, -0.15) is 0 Å². The number of nitrogens with zero attached hydrogens (tertiary/aromatic N) is 2. The summed E-state index contributed by atoms with van der Waals surface area (Å²) in [7, 11) is -2.69. The molecule has 0 aliphatic carbocycles. The summed E-state index contributed by atoms with van der Waals surface area (Å²) in [5, 5.41) is 0. The first kappa shape index (κ1) is 26.5. The number of ether oxygens (including phenoxy) is 2. The minimum absolute atomic E-state index is 0.190. The van der Waals surface area contributed by atoms with Gasteiger partial charge in [0.2, 0.25) is 10.0 Å². The minimum Gasteiger partial charge on any atom is -0.490 e. The summed E-state index contributed by atoms with van der Waals surface area (Å²) in [5.74, 6) is 1.10. The Morgan fingerprint density at radius 3 is 1.60 bits per heavy atom. The van der Waals surface area contributed by atoms with E-state index < -0.39 is 20.0 Å². The predicted octanol–water partition coefficient (Wildman–Crippen LogP) is 3.84. The fourth-order valence-corrected chi connectivity index (χ4v) is 5.34. The molecule has 3 aromatic carbocycles. The molecule has 3 aromatic rings. The van der Waals surface area contributed by atoms with Crippen molar-refractivity contribution in [2.45, 2.75) is 23.6 Å². The molecule has 3 rings (SSSR count). The van der Waals surface area contributed by atoms with Crippen molar-refractivity contribution in [3.8, 4) is 11.5 Å². The number of rotatable bonds is 10. The second-order valence-corrected chi connectivity index (χ2v) is 12.3. The lowest BCUT2D eigenvalue weighted by Crippen LogP contribution is -2.26. The molecule has 0 spiro atoms. The maximum absolute atomic E-state index is 13.0. The number of benzene rings is 3. The van der Waals surface area contributed by atoms with Gasteiger partial charge >= 0.3 is 0 Å². The zero-order valence-corrected chi connectivity index (χ0v) is 22.1. The zero-order chi connectivity index (χ0) is 25.8. The molecule has 0 radical (unpaired) electrons. The molecule has 8 nitrogen and oxygen atoms in total. The SMILES string of the molecule is Cc1ccc(S(=O)(=O)N(C)c2ccc(OCCOc3ccc(S(=O)(=O)N(C)C)cc3)cc2)cc1C. The van der Waals surface area contributed by atoms with Crippen molar-refractivity contribution in [3.05, 3.63) is 77.9 Å². The normalized spacial score (nSPS) is 11.9. The van der Waals surface area contributed by atoms with Crippen LogP contribution >= 0.6 is 0 Å². The fourth-order valence-electron chi connectivity index (χ4n) is 3.16. The van der Waals surface area contributed by atoms with E-state index in [0.29, 0.717) is 17.2 Å². The minimum atomic E-state index is -3.68. The molecule has 0 aliphatic heterocycles. The molecule has 0 fully saturated rings. The molecule has 0 saturated heterocycles. The molecule has 0 N–H and O–H groups in total. The van der Waals surface area contributed by atoms with Gasteiger partial charge in [-0.15, -0.1) is 0 Å². The van der Waals surface area contributed by atoms with Gasteiger partial charge in [0.05, 0.1) is 15.5 Å². The smallest absolute Gasteiger partial charge is 0.264 e. The van der Waals surface area contributed by atoms with Gasteiger partial charge in [-0.1, -0.05) is 6.07 Å². The van der Waals surface area contributed by atoms with Gasteiger partial charge < -0.3 is 9.47 Å². The lowest BCUT2D eigenvalue weighted by atomic mass is 10.1. The number of anilines is 1. The Labute approximate surface area is 207 Å². The monoisotopic (exact) mass is 518 g/mol.